The fourth-order valence-electron chi connectivity index (χ4n) is 1.51. The summed E-state index contributed by atoms with van der Waals surface area (Å²) in [6.45, 7) is 0. The molecule has 1 aromatic heterocycles. The Hall–Kier alpha value is -2.39. The molecule has 10 heteroatoms. The van der Waals surface area contributed by atoms with Crippen LogP contribution in [0.5, 0.6) is 0 Å². The van der Waals surface area contributed by atoms with Crippen LogP contribution in [-0.4, -0.2) is 18.3 Å². The van der Waals surface area contributed by atoms with Crippen molar-refractivity contribution in [2.45, 2.75) is 4.90 Å². The van der Waals surface area contributed by atoms with Gasteiger partial charge in [-0.15, -0.1) is 0 Å². The third-order valence-corrected chi connectivity index (χ3v) is 4.18. The number of non-ortho nitro benzene ring substituents is 1. The van der Waals surface area contributed by atoms with E-state index in [1.807, 2.05) is 0 Å². The van der Waals surface area contributed by atoms with Crippen LogP contribution in [0.1, 0.15) is 0 Å². The van der Waals surface area contributed by atoms with E-state index in [1.54, 1.807) is 0 Å². The first-order valence-corrected chi connectivity index (χ1v) is 7.31. The molecule has 0 saturated heterocycles. The fraction of sp³-hybridized carbons (Fsp3) is 0. The first kappa shape index (κ1) is 15.0. The molecular formula is C11H8ClN3O5S. The third-order valence-electron chi connectivity index (χ3n) is 2.49. The van der Waals surface area contributed by atoms with Crippen molar-refractivity contribution in [1.82, 2.24) is 4.98 Å². The highest BCUT2D eigenvalue weighted by atomic mass is 35.5. The molecule has 0 unspecified atom stereocenters. The summed E-state index contributed by atoms with van der Waals surface area (Å²) in [6, 6.07) is 4.31. The number of sulfonamides is 1. The van der Waals surface area contributed by atoms with Gasteiger partial charge in [-0.25, -0.2) is 8.42 Å². The molecule has 0 aliphatic rings. The maximum absolute atomic E-state index is 12.1. The number of nitro groups is 1. The molecular weight excluding hydrogens is 322 g/mol. The number of hydrogen-bond acceptors (Lipinski definition) is 5. The van der Waals surface area contributed by atoms with Crippen molar-refractivity contribution >= 4 is 33.0 Å². The molecule has 0 aliphatic heterocycles. The number of halogens is 1. The number of nitro benzene ring substituents is 1. The van der Waals surface area contributed by atoms with Gasteiger partial charge in [0.15, 0.2) is 4.90 Å². The number of H-pyrrole nitrogens is 1. The molecule has 0 atom stereocenters. The molecule has 1 aromatic carbocycles. The van der Waals surface area contributed by atoms with Gasteiger partial charge in [0.05, 0.1) is 15.6 Å². The van der Waals surface area contributed by atoms with Gasteiger partial charge >= 0.3 is 0 Å². The van der Waals surface area contributed by atoms with Crippen LogP contribution < -0.4 is 10.2 Å². The second kappa shape index (κ2) is 5.54. The van der Waals surface area contributed by atoms with Gasteiger partial charge in [0, 0.05) is 30.6 Å². The average Bonchev–Trinajstić information content (AvgIpc) is 2.41. The summed E-state index contributed by atoms with van der Waals surface area (Å²) in [5.74, 6) is 0. The number of hydrogen-bond donors (Lipinski definition) is 2. The summed E-state index contributed by atoms with van der Waals surface area (Å²) in [6.07, 6.45) is 2.32. The van der Waals surface area contributed by atoms with Crippen LogP contribution in [-0.2, 0) is 10.0 Å². The van der Waals surface area contributed by atoms with Crippen LogP contribution in [0.25, 0.3) is 0 Å². The Morgan fingerprint density at radius 1 is 1.29 bits per heavy atom. The van der Waals surface area contributed by atoms with E-state index in [2.05, 4.69) is 9.71 Å². The zero-order valence-corrected chi connectivity index (χ0v) is 11.8. The van der Waals surface area contributed by atoms with Crippen molar-refractivity contribution in [2.75, 3.05) is 4.72 Å². The SMILES string of the molecule is O=c1cc[nH]cc1S(=O)(=O)Nc1ccc([N+](=O)[O-])cc1Cl. The van der Waals surface area contributed by atoms with Crippen molar-refractivity contribution in [3.63, 3.8) is 0 Å². The zero-order chi connectivity index (χ0) is 15.6. The second-order valence-electron chi connectivity index (χ2n) is 3.90. The molecule has 8 nitrogen and oxygen atoms in total. The van der Waals surface area contributed by atoms with E-state index in [4.69, 9.17) is 11.6 Å². The summed E-state index contributed by atoms with van der Waals surface area (Å²) in [4.78, 5) is 23.4. The highest BCUT2D eigenvalue weighted by Gasteiger charge is 2.20. The lowest BCUT2D eigenvalue weighted by atomic mass is 10.3. The fourth-order valence-corrected chi connectivity index (χ4v) is 2.92. The van der Waals surface area contributed by atoms with Gasteiger partial charge in [-0.05, 0) is 6.07 Å². The van der Waals surface area contributed by atoms with Gasteiger partial charge in [-0.3, -0.25) is 19.6 Å². The standard InChI is InChI=1S/C11H8ClN3O5S/c12-8-5-7(15(17)18)1-2-9(8)14-21(19,20)11-6-13-4-3-10(11)16/h1-6,14H,(H,13,16). The van der Waals surface area contributed by atoms with Crippen LogP contribution in [0, 0.1) is 10.1 Å². The zero-order valence-electron chi connectivity index (χ0n) is 10.2. The number of nitrogens with one attached hydrogen (secondary N) is 2. The molecule has 0 saturated carbocycles. The first-order chi connectivity index (χ1) is 9.81. The molecule has 0 fully saturated rings. The number of pyridine rings is 1. The Morgan fingerprint density at radius 3 is 2.57 bits per heavy atom. The number of nitrogens with zero attached hydrogens (tertiary/aromatic N) is 1. The summed E-state index contributed by atoms with van der Waals surface area (Å²) >= 11 is 5.79. The second-order valence-corrected chi connectivity index (χ2v) is 5.96. The molecule has 0 radical (unpaired) electrons. The van der Waals surface area contributed by atoms with Gasteiger partial charge in [0.1, 0.15) is 0 Å². The summed E-state index contributed by atoms with van der Waals surface area (Å²) in [5.41, 5.74) is -1.04. The topological polar surface area (TPSA) is 122 Å². The van der Waals surface area contributed by atoms with Gasteiger partial charge in [-0.2, -0.15) is 0 Å². The number of aromatic nitrogens is 1. The third kappa shape index (κ3) is 3.20. The van der Waals surface area contributed by atoms with Crippen molar-refractivity contribution < 1.29 is 13.3 Å². The van der Waals surface area contributed by atoms with Gasteiger partial charge in [-0.1, -0.05) is 11.6 Å². The van der Waals surface area contributed by atoms with Gasteiger partial charge in [0.25, 0.3) is 15.7 Å². The monoisotopic (exact) mass is 329 g/mol. The minimum Gasteiger partial charge on any atom is -0.366 e. The molecule has 0 aliphatic carbocycles. The van der Waals surface area contributed by atoms with Gasteiger partial charge < -0.3 is 4.98 Å². The Bertz CT molecular complexity index is 862. The predicted octanol–water partition coefficient (Wildman–Crippen LogP) is 1.74. The normalized spacial score (nSPS) is 11.1. The quantitative estimate of drug-likeness (QED) is 0.653. The van der Waals surface area contributed by atoms with E-state index in [0.29, 0.717) is 0 Å². The minimum absolute atomic E-state index is 0.0643. The van der Waals surface area contributed by atoms with Crippen LogP contribution in [0.15, 0.2) is 46.3 Å². The maximum Gasteiger partial charge on any atom is 0.271 e. The maximum atomic E-state index is 12.1. The number of benzene rings is 1. The molecule has 0 amide bonds. The lowest BCUT2D eigenvalue weighted by Crippen LogP contribution is -2.21. The number of anilines is 1. The molecule has 2 rings (SSSR count). The average molecular weight is 330 g/mol. The molecule has 2 aromatic rings. The summed E-state index contributed by atoms with van der Waals surface area (Å²) < 4.78 is 26.2. The molecule has 110 valence electrons. The van der Waals surface area contributed by atoms with Crippen LogP contribution in [0.4, 0.5) is 11.4 Å². The Labute approximate surface area is 123 Å². The van der Waals surface area contributed by atoms with Crippen molar-refractivity contribution in [3.8, 4) is 0 Å². The van der Waals surface area contributed by atoms with E-state index in [9.17, 15) is 23.3 Å². The number of rotatable bonds is 4. The molecule has 1 heterocycles. The van der Waals surface area contributed by atoms with E-state index < -0.39 is 25.3 Å². The van der Waals surface area contributed by atoms with Crippen LogP contribution in [0.2, 0.25) is 5.02 Å². The van der Waals surface area contributed by atoms with Crippen LogP contribution in [0.3, 0.4) is 0 Å². The van der Waals surface area contributed by atoms with E-state index in [1.165, 1.54) is 6.20 Å². The smallest absolute Gasteiger partial charge is 0.271 e. The van der Waals surface area contributed by atoms with E-state index >= 15 is 0 Å². The first-order valence-electron chi connectivity index (χ1n) is 5.45. The molecule has 0 bridgehead atoms. The van der Waals surface area contributed by atoms with E-state index in [0.717, 1.165) is 30.5 Å². The lowest BCUT2D eigenvalue weighted by molar-refractivity contribution is -0.384. The van der Waals surface area contributed by atoms with Gasteiger partial charge in [0.2, 0.25) is 5.43 Å². The molecule has 21 heavy (non-hydrogen) atoms. The summed E-state index contributed by atoms with van der Waals surface area (Å²) in [5, 5.41) is 10.4. The lowest BCUT2D eigenvalue weighted by Gasteiger charge is -2.08. The van der Waals surface area contributed by atoms with Crippen molar-refractivity contribution in [2.24, 2.45) is 0 Å². The Morgan fingerprint density at radius 2 is 2.00 bits per heavy atom. The molecule has 0 spiro atoms. The predicted molar refractivity (Wildman–Crippen MR) is 76.0 cm³/mol. The Balaban J connectivity index is 2.40. The van der Waals surface area contributed by atoms with Crippen molar-refractivity contribution in [1.29, 1.82) is 0 Å². The largest absolute Gasteiger partial charge is 0.366 e. The van der Waals surface area contributed by atoms with Crippen molar-refractivity contribution in [3.05, 3.63) is 62.0 Å². The minimum atomic E-state index is -4.15. The Kier molecular flexibility index (Phi) is 3.96. The van der Waals surface area contributed by atoms with E-state index in [-0.39, 0.29) is 16.4 Å². The molecule has 2 N–H and O–H groups in total. The summed E-state index contributed by atoms with van der Waals surface area (Å²) in [7, 11) is -4.15. The highest BCUT2D eigenvalue weighted by Crippen LogP contribution is 2.28. The highest BCUT2D eigenvalue weighted by molar-refractivity contribution is 7.92. The van der Waals surface area contributed by atoms with Crippen LogP contribution >= 0.6 is 11.6 Å². The number of aromatic amines is 1.